The molecule has 0 radical (unpaired) electrons. The molecule has 0 unspecified atom stereocenters. The number of nitrogens with zero attached hydrogens (tertiary/aromatic N) is 1. The van der Waals surface area contributed by atoms with Crippen LogP contribution in [0.5, 0.6) is 0 Å². The maximum absolute atomic E-state index is 10.8. The van der Waals surface area contributed by atoms with Crippen LogP contribution in [0, 0.1) is 6.92 Å². The molecule has 15 heavy (non-hydrogen) atoms. The predicted octanol–water partition coefficient (Wildman–Crippen LogP) is 4.07. The first-order valence-corrected chi connectivity index (χ1v) is 5.76. The summed E-state index contributed by atoms with van der Waals surface area (Å²) in [6, 6.07) is 3.65. The first kappa shape index (κ1) is 12.1. The number of benzene rings is 1. The zero-order valence-corrected chi connectivity index (χ0v) is 10.5. The first-order valence-electron chi connectivity index (χ1n) is 4.97. The third-order valence-corrected chi connectivity index (χ3v) is 3.02. The van der Waals surface area contributed by atoms with Gasteiger partial charge in [-0.15, -0.1) is 0 Å². The molecule has 1 aromatic rings. The summed E-state index contributed by atoms with van der Waals surface area (Å²) >= 11 is 3.43. The average molecular weight is 268 g/mol. The lowest BCUT2D eigenvalue weighted by atomic mass is 10.1. The fraction of sp³-hybridized carbons (Fsp3) is 0.333. The average Bonchev–Trinajstić information content (AvgIpc) is 2.25. The van der Waals surface area contributed by atoms with Crippen molar-refractivity contribution in [1.29, 1.82) is 0 Å². The molecule has 0 aromatic heterocycles. The van der Waals surface area contributed by atoms with Crippen molar-refractivity contribution in [2.45, 2.75) is 26.7 Å². The van der Waals surface area contributed by atoms with E-state index in [9.17, 15) is 4.79 Å². The highest BCUT2D eigenvalue weighted by Gasteiger charge is 2.06. The second-order valence-corrected chi connectivity index (χ2v) is 4.18. The van der Waals surface area contributed by atoms with Gasteiger partial charge in [-0.2, -0.15) is 0 Å². The molecule has 1 rings (SSSR count). The van der Waals surface area contributed by atoms with Crippen LogP contribution in [0.2, 0.25) is 0 Å². The lowest BCUT2D eigenvalue weighted by Gasteiger charge is -2.05. The zero-order chi connectivity index (χ0) is 11.3. The van der Waals surface area contributed by atoms with Crippen LogP contribution in [-0.2, 0) is 0 Å². The van der Waals surface area contributed by atoms with Gasteiger partial charge < -0.3 is 0 Å². The molecule has 80 valence electrons. The summed E-state index contributed by atoms with van der Waals surface area (Å²) in [6.07, 6.45) is 4.71. The van der Waals surface area contributed by atoms with Crippen molar-refractivity contribution < 1.29 is 4.79 Å². The van der Waals surface area contributed by atoms with Gasteiger partial charge in [-0.1, -0.05) is 29.3 Å². The molecule has 0 aliphatic carbocycles. The molecule has 0 aliphatic heterocycles. The molecule has 0 saturated heterocycles. The van der Waals surface area contributed by atoms with Crippen LogP contribution in [-0.4, -0.2) is 12.5 Å². The van der Waals surface area contributed by atoms with Crippen molar-refractivity contribution in [2.24, 2.45) is 4.99 Å². The second kappa shape index (κ2) is 5.81. The zero-order valence-electron chi connectivity index (χ0n) is 8.96. The van der Waals surface area contributed by atoms with Gasteiger partial charge in [0.15, 0.2) is 6.29 Å². The van der Waals surface area contributed by atoms with Crippen LogP contribution in [0.3, 0.4) is 0 Å². The van der Waals surface area contributed by atoms with Gasteiger partial charge in [0.1, 0.15) is 0 Å². The van der Waals surface area contributed by atoms with E-state index in [4.69, 9.17) is 0 Å². The number of aliphatic imine (C=N–C) groups is 1. The Kier molecular flexibility index (Phi) is 4.69. The number of unbranched alkanes of at least 4 members (excludes halogenated alkanes) is 1. The Bertz CT molecular complexity index is 385. The van der Waals surface area contributed by atoms with Crippen LogP contribution < -0.4 is 0 Å². The van der Waals surface area contributed by atoms with E-state index in [2.05, 4.69) is 27.8 Å². The van der Waals surface area contributed by atoms with E-state index in [1.54, 1.807) is 6.07 Å². The summed E-state index contributed by atoms with van der Waals surface area (Å²) in [4.78, 5) is 15.2. The number of halogens is 1. The van der Waals surface area contributed by atoms with E-state index < -0.39 is 0 Å². The van der Waals surface area contributed by atoms with Gasteiger partial charge in [0, 0.05) is 16.3 Å². The van der Waals surface area contributed by atoms with Gasteiger partial charge in [0.25, 0.3) is 0 Å². The van der Waals surface area contributed by atoms with Gasteiger partial charge in [-0.05, 0) is 31.0 Å². The van der Waals surface area contributed by atoms with Crippen LogP contribution >= 0.6 is 15.9 Å². The third-order valence-electron chi connectivity index (χ3n) is 2.16. The Morgan fingerprint density at radius 2 is 2.20 bits per heavy atom. The molecule has 1 aromatic carbocycles. The van der Waals surface area contributed by atoms with Crippen molar-refractivity contribution in [3.05, 3.63) is 27.7 Å². The largest absolute Gasteiger partial charge is 0.298 e. The van der Waals surface area contributed by atoms with E-state index in [-0.39, 0.29) is 0 Å². The van der Waals surface area contributed by atoms with E-state index in [1.165, 1.54) is 0 Å². The lowest BCUT2D eigenvalue weighted by molar-refractivity contribution is 0.112. The summed E-state index contributed by atoms with van der Waals surface area (Å²) in [6.45, 7) is 4.05. The van der Waals surface area contributed by atoms with E-state index >= 15 is 0 Å². The maximum Gasteiger partial charge on any atom is 0.152 e. The van der Waals surface area contributed by atoms with Crippen LogP contribution in [0.25, 0.3) is 0 Å². The van der Waals surface area contributed by atoms with Gasteiger partial charge in [-0.3, -0.25) is 9.79 Å². The molecule has 0 spiro atoms. The quantitative estimate of drug-likeness (QED) is 0.597. The third kappa shape index (κ3) is 2.99. The number of rotatable bonds is 4. The smallest absolute Gasteiger partial charge is 0.152 e. The Morgan fingerprint density at radius 3 is 2.80 bits per heavy atom. The van der Waals surface area contributed by atoms with Crippen LogP contribution in [0.15, 0.2) is 21.6 Å². The Morgan fingerprint density at radius 1 is 1.47 bits per heavy atom. The van der Waals surface area contributed by atoms with Gasteiger partial charge in [0.05, 0.1) is 5.69 Å². The number of aldehydes is 1. The SMILES string of the molecule is CCCC=Nc1c(C=O)ccc(Br)c1C. The predicted molar refractivity (Wildman–Crippen MR) is 67.3 cm³/mol. The van der Waals surface area contributed by atoms with Gasteiger partial charge >= 0.3 is 0 Å². The summed E-state index contributed by atoms with van der Waals surface area (Å²) in [5.74, 6) is 0. The Labute approximate surface area is 98.5 Å². The second-order valence-electron chi connectivity index (χ2n) is 3.33. The van der Waals surface area contributed by atoms with Crippen LogP contribution in [0.1, 0.15) is 35.7 Å². The van der Waals surface area contributed by atoms with E-state index in [1.807, 2.05) is 19.2 Å². The molecule has 2 nitrogen and oxygen atoms in total. The summed E-state index contributed by atoms with van der Waals surface area (Å²) in [5, 5.41) is 0. The molecule has 3 heteroatoms. The fourth-order valence-electron chi connectivity index (χ4n) is 1.25. The van der Waals surface area contributed by atoms with Crippen molar-refractivity contribution >= 4 is 34.1 Å². The minimum atomic E-state index is 0.642. The molecule has 0 saturated carbocycles. The molecular formula is C12H14BrNO. The molecule has 0 N–H and O–H groups in total. The van der Waals surface area contributed by atoms with Crippen molar-refractivity contribution in [1.82, 2.24) is 0 Å². The standard InChI is InChI=1S/C12H14BrNO/c1-3-4-7-14-12-9(2)11(13)6-5-10(12)8-15/h5-8H,3-4H2,1-2H3. The number of hydrogen-bond acceptors (Lipinski definition) is 2. The first-order chi connectivity index (χ1) is 7.20. The highest BCUT2D eigenvalue weighted by atomic mass is 79.9. The summed E-state index contributed by atoms with van der Waals surface area (Å²) in [5.41, 5.74) is 2.42. The monoisotopic (exact) mass is 267 g/mol. The molecule has 0 heterocycles. The highest BCUT2D eigenvalue weighted by Crippen LogP contribution is 2.29. The van der Waals surface area contributed by atoms with Gasteiger partial charge in [0.2, 0.25) is 0 Å². The maximum atomic E-state index is 10.8. The van der Waals surface area contributed by atoms with Crippen molar-refractivity contribution in [2.75, 3.05) is 0 Å². The minimum absolute atomic E-state index is 0.642. The number of hydrogen-bond donors (Lipinski definition) is 0. The fourth-order valence-corrected chi connectivity index (χ4v) is 1.57. The molecular weight excluding hydrogens is 254 g/mol. The Hall–Kier alpha value is -0.960. The van der Waals surface area contributed by atoms with Crippen LogP contribution in [0.4, 0.5) is 5.69 Å². The molecule has 0 amide bonds. The topological polar surface area (TPSA) is 29.4 Å². The lowest BCUT2D eigenvalue weighted by Crippen LogP contribution is -1.87. The van der Waals surface area contributed by atoms with Crippen molar-refractivity contribution in [3.8, 4) is 0 Å². The molecule has 0 bridgehead atoms. The number of carbonyl (C=O) groups excluding carboxylic acids is 1. The van der Waals surface area contributed by atoms with E-state index in [0.717, 1.165) is 34.9 Å². The molecule has 0 atom stereocenters. The van der Waals surface area contributed by atoms with Gasteiger partial charge in [-0.25, -0.2) is 0 Å². The normalized spacial score (nSPS) is 10.9. The number of carbonyl (C=O) groups is 1. The molecule has 0 aliphatic rings. The summed E-state index contributed by atoms with van der Waals surface area (Å²) in [7, 11) is 0. The summed E-state index contributed by atoms with van der Waals surface area (Å²) < 4.78 is 0.983. The van der Waals surface area contributed by atoms with Crippen molar-refractivity contribution in [3.63, 3.8) is 0 Å². The molecule has 0 fully saturated rings. The highest BCUT2D eigenvalue weighted by molar-refractivity contribution is 9.10. The Balaban J connectivity index is 3.12. The minimum Gasteiger partial charge on any atom is -0.298 e. The van der Waals surface area contributed by atoms with E-state index in [0.29, 0.717) is 5.56 Å².